The SMILES string of the molecule is CC(C)c1ccc(CC(NN)c2ccco2)cc1. The molecule has 3 N–H and O–H groups in total. The van der Waals surface area contributed by atoms with Gasteiger partial charge in [-0.2, -0.15) is 0 Å². The standard InChI is InChI=1S/C15H20N2O/c1-11(2)13-7-5-12(6-8-13)10-14(17-16)15-4-3-9-18-15/h3-9,11,14,17H,10,16H2,1-2H3. The molecule has 3 heteroatoms. The van der Waals surface area contributed by atoms with Crippen LogP contribution < -0.4 is 11.3 Å². The van der Waals surface area contributed by atoms with Crippen molar-refractivity contribution >= 4 is 0 Å². The van der Waals surface area contributed by atoms with Gasteiger partial charge in [-0.05, 0) is 35.6 Å². The molecule has 2 aromatic rings. The molecular weight excluding hydrogens is 224 g/mol. The highest BCUT2D eigenvalue weighted by molar-refractivity contribution is 5.26. The summed E-state index contributed by atoms with van der Waals surface area (Å²) in [6.45, 7) is 4.39. The Labute approximate surface area is 108 Å². The molecule has 0 aliphatic rings. The van der Waals surface area contributed by atoms with Gasteiger partial charge in [-0.15, -0.1) is 0 Å². The molecule has 0 aliphatic heterocycles. The first-order valence-electron chi connectivity index (χ1n) is 6.29. The van der Waals surface area contributed by atoms with Crippen molar-refractivity contribution in [3.63, 3.8) is 0 Å². The molecule has 3 nitrogen and oxygen atoms in total. The summed E-state index contributed by atoms with van der Waals surface area (Å²) >= 11 is 0. The lowest BCUT2D eigenvalue weighted by atomic mass is 9.98. The summed E-state index contributed by atoms with van der Waals surface area (Å²) in [5, 5.41) is 0. The topological polar surface area (TPSA) is 51.2 Å². The van der Waals surface area contributed by atoms with E-state index in [0.717, 1.165) is 12.2 Å². The van der Waals surface area contributed by atoms with Gasteiger partial charge < -0.3 is 4.42 Å². The third kappa shape index (κ3) is 3.00. The second kappa shape index (κ2) is 5.85. The van der Waals surface area contributed by atoms with Crippen molar-refractivity contribution in [2.45, 2.75) is 32.2 Å². The predicted octanol–water partition coefficient (Wildman–Crippen LogP) is 3.15. The monoisotopic (exact) mass is 244 g/mol. The van der Waals surface area contributed by atoms with Crippen LogP contribution in [0.15, 0.2) is 47.1 Å². The van der Waals surface area contributed by atoms with E-state index >= 15 is 0 Å². The van der Waals surface area contributed by atoms with E-state index in [-0.39, 0.29) is 6.04 Å². The summed E-state index contributed by atoms with van der Waals surface area (Å²) < 4.78 is 5.38. The Bertz CT molecular complexity index is 460. The molecule has 1 aromatic carbocycles. The molecule has 1 heterocycles. The van der Waals surface area contributed by atoms with Gasteiger partial charge in [0.25, 0.3) is 0 Å². The van der Waals surface area contributed by atoms with Gasteiger partial charge in [0.05, 0.1) is 12.3 Å². The summed E-state index contributed by atoms with van der Waals surface area (Å²) in [5.41, 5.74) is 5.40. The average molecular weight is 244 g/mol. The molecule has 1 atom stereocenters. The summed E-state index contributed by atoms with van der Waals surface area (Å²) in [6.07, 6.45) is 2.49. The van der Waals surface area contributed by atoms with Crippen molar-refractivity contribution in [3.05, 3.63) is 59.5 Å². The maximum absolute atomic E-state index is 5.58. The predicted molar refractivity (Wildman–Crippen MR) is 73.0 cm³/mol. The quantitative estimate of drug-likeness (QED) is 0.627. The fourth-order valence-corrected chi connectivity index (χ4v) is 2.01. The van der Waals surface area contributed by atoms with Gasteiger partial charge in [0.2, 0.25) is 0 Å². The lowest BCUT2D eigenvalue weighted by molar-refractivity contribution is 0.416. The van der Waals surface area contributed by atoms with E-state index < -0.39 is 0 Å². The van der Waals surface area contributed by atoms with Gasteiger partial charge in [-0.1, -0.05) is 38.1 Å². The van der Waals surface area contributed by atoms with Crippen LogP contribution >= 0.6 is 0 Å². The maximum Gasteiger partial charge on any atom is 0.122 e. The Morgan fingerprint density at radius 2 is 1.89 bits per heavy atom. The first-order chi connectivity index (χ1) is 8.70. The highest BCUT2D eigenvalue weighted by Gasteiger charge is 2.13. The van der Waals surface area contributed by atoms with E-state index in [9.17, 15) is 0 Å². The molecule has 2 rings (SSSR count). The fourth-order valence-electron chi connectivity index (χ4n) is 2.01. The van der Waals surface area contributed by atoms with E-state index in [1.54, 1.807) is 6.26 Å². The second-order valence-corrected chi connectivity index (χ2v) is 4.84. The number of hydrogen-bond donors (Lipinski definition) is 2. The van der Waals surface area contributed by atoms with Gasteiger partial charge in [0.15, 0.2) is 0 Å². The maximum atomic E-state index is 5.58. The average Bonchev–Trinajstić information content (AvgIpc) is 2.90. The highest BCUT2D eigenvalue weighted by Crippen LogP contribution is 2.20. The largest absolute Gasteiger partial charge is 0.468 e. The summed E-state index contributed by atoms with van der Waals surface area (Å²) in [7, 11) is 0. The molecule has 0 saturated carbocycles. The molecule has 0 aliphatic carbocycles. The van der Waals surface area contributed by atoms with Crippen LogP contribution in [0.1, 0.15) is 42.7 Å². The first-order valence-corrected chi connectivity index (χ1v) is 6.29. The van der Waals surface area contributed by atoms with Crippen LogP contribution in [0.5, 0.6) is 0 Å². The van der Waals surface area contributed by atoms with Crippen LogP contribution in [0, 0.1) is 0 Å². The lowest BCUT2D eigenvalue weighted by Crippen LogP contribution is -2.29. The minimum atomic E-state index is 0.0184. The molecule has 1 aromatic heterocycles. The van der Waals surface area contributed by atoms with Crippen molar-refractivity contribution in [1.29, 1.82) is 0 Å². The lowest BCUT2D eigenvalue weighted by Gasteiger charge is -2.14. The number of nitrogens with one attached hydrogen (secondary N) is 1. The summed E-state index contributed by atoms with van der Waals surface area (Å²) in [4.78, 5) is 0. The summed E-state index contributed by atoms with van der Waals surface area (Å²) in [5.74, 6) is 7.01. The number of hydrogen-bond acceptors (Lipinski definition) is 3. The van der Waals surface area contributed by atoms with Crippen molar-refractivity contribution in [1.82, 2.24) is 5.43 Å². The minimum absolute atomic E-state index is 0.0184. The fraction of sp³-hybridized carbons (Fsp3) is 0.333. The Balaban J connectivity index is 2.08. The van der Waals surface area contributed by atoms with Crippen molar-refractivity contribution in [3.8, 4) is 0 Å². The Hall–Kier alpha value is -1.58. The van der Waals surface area contributed by atoms with Gasteiger partial charge in [0.1, 0.15) is 5.76 Å². The molecule has 0 spiro atoms. The van der Waals surface area contributed by atoms with Gasteiger partial charge in [0, 0.05) is 0 Å². The third-order valence-corrected chi connectivity index (χ3v) is 3.17. The molecule has 1 unspecified atom stereocenters. The molecule has 0 saturated heterocycles. The van der Waals surface area contributed by atoms with Gasteiger partial charge in [-0.25, -0.2) is 5.43 Å². The van der Waals surface area contributed by atoms with Crippen LogP contribution in [0.3, 0.4) is 0 Å². The molecule has 0 radical (unpaired) electrons. The van der Waals surface area contributed by atoms with Crippen LogP contribution in [0.2, 0.25) is 0 Å². The van der Waals surface area contributed by atoms with E-state index in [1.807, 2.05) is 12.1 Å². The Kier molecular flexibility index (Phi) is 4.18. The van der Waals surface area contributed by atoms with Crippen molar-refractivity contribution in [2.75, 3.05) is 0 Å². The van der Waals surface area contributed by atoms with Gasteiger partial charge >= 0.3 is 0 Å². The first kappa shape index (κ1) is 12.9. The minimum Gasteiger partial charge on any atom is -0.468 e. The molecule has 18 heavy (non-hydrogen) atoms. The van der Waals surface area contributed by atoms with Crippen LogP contribution in [0.4, 0.5) is 0 Å². The van der Waals surface area contributed by atoms with Crippen LogP contribution in [-0.4, -0.2) is 0 Å². The van der Waals surface area contributed by atoms with E-state index in [0.29, 0.717) is 5.92 Å². The van der Waals surface area contributed by atoms with Crippen LogP contribution in [-0.2, 0) is 6.42 Å². The zero-order valence-corrected chi connectivity index (χ0v) is 10.9. The highest BCUT2D eigenvalue weighted by atomic mass is 16.3. The van der Waals surface area contributed by atoms with Gasteiger partial charge in [-0.3, -0.25) is 5.84 Å². The summed E-state index contributed by atoms with van der Waals surface area (Å²) in [6, 6.07) is 12.5. The smallest absolute Gasteiger partial charge is 0.122 e. The molecule has 0 fully saturated rings. The zero-order chi connectivity index (χ0) is 13.0. The third-order valence-electron chi connectivity index (χ3n) is 3.17. The molecule has 0 amide bonds. The second-order valence-electron chi connectivity index (χ2n) is 4.84. The number of hydrazine groups is 1. The molecular formula is C15H20N2O. The van der Waals surface area contributed by atoms with E-state index in [4.69, 9.17) is 10.3 Å². The number of nitrogens with two attached hydrogens (primary N) is 1. The molecule has 96 valence electrons. The Morgan fingerprint density at radius 1 is 1.17 bits per heavy atom. The van der Waals surface area contributed by atoms with Crippen molar-refractivity contribution in [2.24, 2.45) is 5.84 Å². The number of rotatable bonds is 5. The van der Waals surface area contributed by atoms with Crippen molar-refractivity contribution < 1.29 is 4.42 Å². The normalized spacial score (nSPS) is 12.9. The number of furan rings is 1. The Morgan fingerprint density at radius 3 is 2.39 bits per heavy atom. The van der Waals surface area contributed by atoms with E-state index in [1.165, 1.54) is 11.1 Å². The van der Waals surface area contributed by atoms with Crippen LogP contribution in [0.25, 0.3) is 0 Å². The zero-order valence-electron chi connectivity index (χ0n) is 10.9. The van der Waals surface area contributed by atoms with E-state index in [2.05, 4.69) is 43.5 Å². The number of benzene rings is 1. The molecule has 0 bridgehead atoms.